The molecule has 1 N–H and O–H groups in total. The summed E-state index contributed by atoms with van der Waals surface area (Å²) in [7, 11) is 0. The van der Waals surface area contributed by atoms with Crippen LogP contribution in [0.2, 0.25) is 0 Å². The van der Waals surface area contributed by atoms with Crippen LogP contribution in [0, 0.1) is 11.8 Å². The van der Waals surface area contributed by atoms with Gasteiger partial charge in [-0.05, 0) is 51.4 Å². The van der Waals surface area contributed by atoms with E-state index in [9.17, 15) is 9.59 Å². The van der Waals surface area contributed by atoms with Crippen LogP contribution in [0.5, 0.6) is 0 Å². The Morgan fingerprint density at radius 1 is 1.19 bits per heavy atom. The molecule has 21 heavy (non-hydrogen) atoms. The van der Waals surface area contributed by atoms with E-state index in [-0.39, 0.29) is 17.9 Å². The largest absolute Gasteiger partial charge is 0.450 e. The predicted octanol–water partition coefficient (Wildman–Crippen LogP) is 2.55. The quantitative estimate of drug-likeness (QED) is 0.870. The lowest BCUT2D eigenvalue weighted by molar-refractivity contribution is -0.127. The molecule has 0 aromatic heterocycles. The van der Waals surface area contributed by atoms with Crippen LogP contribution in [-0.2, 0) is 9.53 Å². The standard InChI is InChI=1S/C16H28N2O3/c1-3-21-16(20)18-10-4-5-13(11-18)15(19)17-14-8-6-12(2)7-9-14/h12-14H,3-11H2,1-2H3,(H,17,19). The highest BCUT2D eigenvalue weighted by molar-refractivity contribution is 5.80. The summed E-state index contributed by atoms with van der Waals surface area (Å²) in [6.45, 7) is 5.65. The maximum absolute atomic E-state index is 12.4. The molecule has 0 aromatic carbocycles. The molecule has 0 aromatic rings. The van der Waals surface area contributed by atoms with Gasteiger partial charge in [-0.15, -0.1) is 0 Å². The summed E-state index contributed by atoms with van der Waals surface area (Å²) in [6, 6.07) is 0.326. The summed E-state index contributed by atoms with van der Waals surface area (Å²) >= 11 is 0. The number of carbonyl (C=O) groups excluding carboxylic acids is 2. The van der Waals surface area contributed by atoms with Crippen LogP contribution in [0.4, 0.5) is 4.79 Å². The minimum atomic E-state index is -0.290. The number of hydrogen-bond acceptors (Lipinski definition) is 3. The SMILES string of the molecule is CCOC(=O)N1CCCC(C(=O)NC2CCC(C)CC2)C1. The molecule has 120 valence electrons. The number of rotatable bonds is 3. The van der Waals surface area contributed by atoms with Crippen molar-refractivity contribution in [2.24, 2.45) is 11.8 Å². The third-order valence-corrected chi connectivity index (χ3v) is 4.68. The number of carbonyl (C=O) groups is 2. The zero-order chi connectivity index (χ0) is 15.2. The van der Waals surface area contributed by atoms with Crippen molar-refractivity contribution in [2.75, 3.05) is 19.7 Å². The van der Waals surface area contributed by atoms with Crippen molar-refractivity contribution in [3.63, 3.8) is 0 Å². The lowest BCUT2D eigenvalue weighted by atomic mass is 9.87. The Bertz CT molecular complexity index is 365. The van der Waals surface area contributed by atoms with Crippen LogP contribution in [-0.4, -0.2) is 42.6 Å². The first kappa shape index (κ1) is 16.1. The smallest absolute Gasteiger partial charge is 0.409 e. The molecule has 2 aliphatic rings. The minimum absolute atomic E-state index is 0.0810. The summed E-state index contributed by atoms with van der Waals surface area (Å²) in [4.78, 5) is 25.8. The minimum Gasteiger partial charge on any atom is -0.450 e. The van der Waals surface area contributed by atoms with Gasteiger partial charge in [-0.3, -0.25) is 4.79 Å². The third-order valence-electron chi connectivity index (χ3n) is 4.68. The van der Waals surface area contributed by atoms with E-state index in [2.05, 4.69) is 12.2 Å². The Morgan fingerprint density at radius 3 is 2.57 bits per heavy atom. The van der Waals surface area contributed by atoms with Crippen LogP contribution in [0.3, 0.4) is 0 Å². The molecule has 1 aliphatic heterocycles. The summed E-state index contributed by atoms with van der Waals surface area (Å²) < 4.78 is 5.03. The molecule has 1 saturated heterocycles. The number of hydrogen-bond donors (Lipinski definition) is 1. The Balaban J connectivity index is 1.80. The molecule has 5 nitrogen and oxygen atoms in total. The van der Waals surface area contributed by atoms with Gasteiger partial charge in [-0.25, -0.2) is 4.79 Å². The molecule has 0 bridgehead atoms. The molecule has 0 spiro atoms. The predicted molar refractivity (Wildman–Crippen MR) is 80.9 cm³/mol. The van der Waals surface area contributed by atoms with Crippen molar-refractivity contribution in [1.82, 2.24) is 10.2 Å². The first-order valence-corrected chi connectivity index (χ1v) is 8.32. The molecule has 2 rings (SSSR count). The highest BCUT2D eigenvalue weighted by Gasteiger charge is 2.30. The van der Waals surface area contributed by atoms with Gasteiger partial charge in [-0.1, -0.05) is 6.92 Å². The monoisotopic (exact) mass is 296 g/mol. The highest BCUT2D eigenvalue weighted by Crippen LogP contribution is 2.24. The Hall–Kier alpha value is -1.26. The van der Waals surface area contributed by atoms with E-state index in [0.717, 1.165) is 31.6 Å². The normalized spacial score (nSPS) is 29.8. The maximum Gasteiger partial charge on any atom is 0.409 e. The van der Waals surface area contributed by atoms with Crippen LogP contribution in [0.15, 0.2) is 0 Å². The zero-order valence-electron chi connectivity index (χ0n) is 13.3. The van der Waals surface area contributed by atoms with Gasteiger partial charge in [-0.2, -0.15) is 0 Å². The molecule has 2 fully saturated rings. The second-order valence-corrected chi connectivity index (χ2v) is 6.45. The van der Waals surface area contributed by atoms with Gasteiger partial charge in [0.25, 0.3) is 0 Å². The third kappa shape index (κ3) is 4.61. The highest BCUT2D eigenvalue weighted by atomic mass is 16.6. The number of likely N-dealkylation sites (tertiary alicyclic amines) is 1. The molecular weight excluding hydrogens is 268 g/mol. The number of ether oxygens (including phenoxy) is 1. The van der Waals surface area contributed by atoms with Crippen molar-refractivity contribution in [2.45, 2.75) is 58.4 Å². The second-order valence-electron chi connectivity index (χ2n) is 6.45. The fraction of sp³-hybridized carbons (Fsp3) is 0.875. The van der Waals surface area contributed by atoms with Gasteiger partial charge in [0.2, 0.25) is 5.91 Å². The summed E-state index contributed by atoms with van der Waals surface area (Å²) in [5.41, 5.74) is 0. The topological polar surface area (TPSA) is 58.6 Å². The van der Waals surface area contributed by atoms with Gasteiger partial charge >= 0.3 is 6.09 Å². The van der Waals surface area contributed by atoms with E-state index < -0.39 is 0 Å². The van der Waals surface area contributed by atoms with E-state index in [0.29, 0.717) is 25.7 Å². The van der Waals surface area contributed by atoms with Gasteiger partial charge < -0.3 is 15.0 Å². The fourth-order valence-electron chi connectivity index (χ4n) is 3.30. The zero-order valence-corrected chi connectivity index (χ0v) is 13.3. The van der Waals surface area contributed by atoms with Crippen molar-refractivity contribution in [3.05, 3.63) is 0 Å². The first-order chi connectivity index (χ1) is 10.1. The molecule has 1 saturated carbocycles. The van der Waals surface area contributed by atoms with Crippen LogP contribution < -0.4 is 5.32 Å². The number of nitrogens with one attached hydrogen (secondary N) is 1. The molecule has 5 heteroatoms. The molecule has 0 radical (unpaired) electrons. The maximum atomic E-state index is 12.4. The lowest BCUT2D eigenvalue weighted by Gasteiger charge is -2.33. The summed E-state index contributed by atoms with van der Waals surface area (Å²) in [5.74, 6) is 0.818. The fourth-order valence-corrected chi connectivity index (χ4v) is 3.30. The van der Waals surface area contributed by atoms with Crippen molar-refractivity contribution in [3.8, 4) is 0 Å². The van der Waals surface area contributed by atoms with Gasteiger partial charge in [0.1, 0.15) is 0 Å². The molecule has 1 atom stereocenters. The molecule has 1 heterocycles. The summed E-state index contributed by atoms with van der Waals surface area (Å²) in [6.07, 6.45) is 6.02. The van der Waals surface area contributed by atoms with Crippen LogP contribution >= 0.6 is 0 Å². The summed E-state index contributed by atoms with van der Waals surface area (Å²) in [5, 5.41) is 3.18. The van der Waals surface area contributed by atoms with Gasteiger partial charge in [0, 0.05) is 19.1 Å². The first-order valence-electron chi connectivity index (χ1n) is 8.32. The van der Waals surface area contributed by atoms with E-state index in [1.165, 1.54) is 12.8 Å². The second kappa shape index (κ2) is 7.66. The van der Waals surface area contributed by atoms with E-state index in [1.54, 1.807) is 11.8 Å². The van der Waals surface area contributed by atoms with Gasteiger partial charge in [0.15, 0.2) is 0 Å². The molecular formula is C16H28N2O3. The van der Waals surface area contributed by atoms with Crippen molar-refractivity contribution >= 4 is 12.0 Å². The Kier molecular flexibility index (Phi) is 5.88. The van der Waals surface area contributed by atoms with E-state index in [1.807, 2.05) is 0 Å². The number of amides is 2. The average Bonchev–Trinajstić information content (AvgIpc) is 2.50. The average molecular weight is 296 g/mol. The van der Waals surface area contributed by atoms with Crippen molar-refractivity contribution in [1.29, 1.82) is 0 Å². The molecule has 2 amide bonds. The van der Waals surface area contributed by atoms with Gasteiger partial charge in [0.05, 0.1) is 12.5 Å². The van der Waals surface area contributed by atoms with Crippen LogP contribution in [0.1, 0.15) is 52.4 Å². The Morgan fingerprint density at radius 2 is 1.90 bits per heavy atom. The molecule has 1 aliphatic carbocycles. The molecule has 1 unspecified atom stereocenters. The number of piperidine rings is 1. The van der Waals surface area contributed by atoms with Crippen molar-refractivity contribution < 1.29 is 14.3 Å². The van der Waals surface area contributed by atoms with Crippen LogP contribution in [0.25, 0.3) is 0 Å². The van der Waals surface area contributed by atoms with E-state index in [4.69, 9.17) is 4.74 Å². The van der Waals surface area contributed by atoms with E-state index >= 15 is 0 Å². The lowest BCUT2D eigenvalue weighted by Crippen LogP contribution is -2.48. The number of nitrogens with zero attached hydrogens (tertiary/aromatic N) is 1. The Labute approximate surface area is 127 Å².